The maximum atomic E-state index is 13.8. The number of phenolic OH excluding ortho intramolecular Hbond substituents is 1. The van der Waals surface area contributed by atoms with Gasteiger partial charge in [0.2, 0.25) is 5.78 Å². The van der Waals surface area contributed by atoms with E-state index in [1.54, 1.807) is 14.1 Å². The standard InChI is InChI=1S/C28H35N3O9/c1-31(2)21-16-7-13-6-15-19(17(32)8-14(24(15)39-3)10-30-9-12-4-5-40-11-12)22(33)18(13)25(35)28(16,38)26(36)20(23(21)34)27(29)37/h8,12-13,16,21,30,32,34-35,38H,4-7,9-11H2,1-3H3,(H2,29,37)/t12?,13-,16-,21-,28-/m0/s1. The fraction of sp³-hybridized carbons (Fsp3) is 0.536. The van der Waals surface area contributed by atoms with Crippen molar-refractivity contribution < 1.29 is 44.3 Å². The zero-order chi connectivity index (χ0) is 29.1. The van der Waals surface area contributed by atoms with E-state index in [1.165, 1.54) is 18.1 Å². The first kappa shape index (κ1) is 28.1. The molecule has 4 aliphatic rings. The summed E-state index contributed by atoms with van der Waals surface area (Å²) in [6.45, 7) is 2.51. The van der Waals surface area contributed by atoms with E-state index < -0.39 is 58.0 Å². The molecule has 1 saturated heterocycles. The van der Waals surface area contributed by atoms with E-state index in [0.717, 1.165) is 13.0 Å². The Balaban J connectivity index is 1.57. The van der Waals surface area contributed by atoms with Crippen molar-refractivity contribution in [1.82, 2.24) is 10.2 Å². The van der Waals surface area contributed by atoms with Gasteiger partial charge < -0.3 is 41.0 Å². The van der Waals surface area contributed by atoms with Crippen molar-refractivity contribution in [1.29, 1.82) is 0 Å². The van der Waals surface area contributed by atoms with Crippen molar-refractivity contribution in [3.63, 3.8) is 0 Å². The number of aromatic hydroxyl groups is 1. The van der Waals surface area contributed by atoms with Crippen molar-refractivity contribution in [3.8, 4) is 11.5 Å². The van der Waals surface area contributed by atoms with E-state index in [2.05, 4.69) is 5.32 Å². The molecule has 1 heterocycles. The van der Waals surface area contributed by atoms with Gasteiger partial charge in [-0.3, -0.25) is 19.3 Å². The number of allylic oxidation sites excluding steroid dienone is 1. The van der Waals surface area contributed by atoms with Gasteiger partial charge in [-0.1, -0.05) is 0 Å². The molecule has 0 aromatic heterocycles. The quantitative estimate of drug-likeness (QED) is 0.252. The molecule has 12 heteroatoms. The number of hydrogen-bond donors (Lipinski definition) is 6. The molecule has 40 heavy (non-hydrogen) atoms. The van der Waals surface area contributed by atoms with Gasteiger partial charge in [0.05, 0.1) is 25.3 Å². The second-order valence-electron chi connectivity index (χ2n) is 11.3. The van der Waals surface area contributed by atoms with E-state index in [9.17, 15) is 34.8 Å². The number of benzene rings is 1. The topological polar surface area (TPSA) is 192 Å². The van der Waals surface area contributed by atoms with E-state index in [4.69, 9.17) is 15.2 Å². The molecule has 12 nitrogen and oxygen atoms in total. The summed E-state index contributed by atoms with van der Waals surface area (Å²) in [7, 11) is 4.65. The third-order valence-corrected chi connectivity index (χ3v) is 8.73. The molecule has 1 unspecified atom stereocenters. The highest BCUT2D eigenvalue weighted by Crippen LogP contribution is 2.53. The zero-order valence-corrected chi connectivity index (χ0v) is 22.7. The predicted octanol–water partition coefficient (Wildman–Crippen LogP) is 0.255. The number of carbonyl (C=O) groups excluding carboxylic acids is 3. The smallest absolute Gasteiger partial charge is 0.255 e. The summed E-state index contributed by atoms with van der Waals surface area (Å²) in [6.07, 6.45) is 1.14. The van der Waals surface area contributed by atoms with Crippen LogP contribution in [0.1, 0.15) is 34.3 Å². The molecule has 7 N–H and O–H groups in total. The van der Waals surface area contributed by atoms with E-state index in [0.29, 0.717) is 42.5 Å². The number of ether oxygens (including phenoxy) is 2. The van der Waals surface area contributed by atoms with Crippen LogP contribution >= 0.6 is 0 Å². The third kappa shape index (κ3) is 4.09. The SMILES string of the molecule is COc1c(CNCC2CCOC2)cc(O)c2c1C[C@H]1C[C@H]3[C@H](N(C)C)C(O)=C(C(N)=O)C(=O)[C@@]3(O)C(O)=C1C2=O. The fourth-order valence-corrected chi connectivity index (χ4v) is 6.90. The number of nitrogens with one attached hydrogen (secondary N) is 1. The molecule has 1 aromatic rings. The van der Waals surface area contributed by atoms with Crippen LogP contribution in [0.4, 0.5) is 0 Å². The van der Waals surface area contributed by atoms with Gasteiger partial charge >= 0.3 is 0 Å². The Morgan fingerprint density at radius 2 is 2.00 bits per heavy atom. The number of hydrogen-bond acceptors (Lipinski definition) is 11. The molecular formula is C28H35N3O9. The van der Waals surface area contributed by atoms with Crippen LogP contribution in [0.2, 0.25) is 0 Å². The number of primary amides is 1. The van der Waals surface area contributed by atoms with Crippen LogP contribution in [-0.4, -0.2) is 95.4 Å². The van der Waals surface area contributed by atoms with E-state index in [1.807, 2.05) is 0 Å². The van der Waals surface area contributed by atoms with Gasteiger partial charge in [-0.15, -0.1) is 0 Å². The third-order valence-electron chi connectivity index (χ3n) is 8.73. The summed E-state index contributed by atoms with van der Waals surface area (Å²) in [4.78, 5) is 40.8. The van der Waals surface area contributed by atoms with Crippen molar-refractivity contribution in [3.05, 3.63) is 45.4 Å². The number of phenols is 1. The summed E-state index contributed by atoms with van der Waals surface area (Å²) in [5, 5.41) is 48.3. The van der Waals surface area contributed by atoms with Gasteiger partial charge in [0.15, 0.2) is 11.4 Å². The molecule has 1 aromatic carbocycles. The largest absolute Gasteiger partial charge is 0.510 e. The van der Waals surface area contributed by atoms with Crippen LogP contribution in [0, 0.1) is 17.8 Å². The van der Waals surface area contributed by atoms with E-state index >= 15 is 0 Å². The molecule has 216 valence electrons. The van der Waals surface area contributed by atoms with Gasteiger partial charge in [0, 0.05) is 42.3 Å². The second-order valence-corrected chi connectivity index (χ2v) is 11.3. The maximum Gasteiger partial charge on any atom is 0.255 e. The Morgan fingerprint density at radius 3 is 2.60 bits per heavy atom. The average Bonchev–Trinajstić information content (AvgIpc) is 3.39. The summed E-state index contributed by atoms with van der Waals surface area (Å²) < 4.78 is 11.1. The number of carbonyl (C=O) groups is 3. The lowest BCUT2D eigenvalue weighted by molar-refractivity contribution is -0.148. The number of nitrogens with zero attached hydrogens (tertiary/aromatic N) is 1. The molecule has 0 bridgehead atoms. The minimum absolute atomic E-state index is 0.0137. The molecule has 5 rings (SSSR count). The first-order chi connectivity index (χ1) is 18.9. The molecular weight excluding hydrogens is 522 g/mol. The second kappa shape index (κ2) is 10.2. The number of amides is 1. The van der Waals surface area contributed by atoms with Crippen LogP contribution in [-0.2, 0) is 27.3 Å². The van der Waals surface area contributed by atoms with Crippen LogP contribution in [0.25, 0.3) is 0 Å². The van der Waals surface area contributed by atoms with Crippen LogP contribution in [0.15, 0.2) is 28.7 Å². The van der Waals surface area contributed by atoms with Crippen molar-refractivity contribution in [2.45, 2.75) is 37.5 Å². The molecule has 5 atom stereocenters. The fourth-order valence-electron chi connectivity index (χ4n) is 6.90. The van der Waals surface area contributed by atoms with Crippen LogP contribution < -0.4 is 15.8 Å². The van der Waals surface area contributed by atoms with Gasteiger partial charge in [-0.2, -0.15) is 0 Å². The number of ketones is 2. The number of aliphatic hydroxyl groups is 3. The van der Waals surface area contributed by atoms with Crippen molar-refractivity contribution in [2.24, 2.45) is 23.5 Å². The van der Waals surface area contributed by atoms with Crippen molar-refractivity contribution >= 4 is 17.5 Å². The lowest BCUT2D eigenvalue weighted by Gasteiger charge is -2.50. The Kier molecular flexibility index (Phi) is 7.15. The number of likely N-dealkylation sites (N-methyl/N-ethyl adjacent to an activating group) is 1. The van der Waals surface area contributed by atoms with Crippen LogP contribution in [0.5, 0.6) is 11.5 Å². The maximum absolute atomic E-state index is 13.8. The highest BCUT2D eigenvalue weighted by atomic mass is 16.5. The Labute approximate surface area is 231 Å². The first-order valence-electron chi connectivity index (χ1n) is 13.3. The summed E-state index contributed by atoms with van der Waals surface area (Å²) in [5.74, 6) is -6.02. The first-order valence-corrected chi connectivity index (χ1v) is 13.3. The molecule has 1 aliphatic heterocycles. The number of aliphatic hydroxyl groups excluding tert-OH is 2. The normalized spacial score (nSPS) is 29.9. The van der Waals surface area contributed by atoms with Gasteiger partial charge in [-0.05, 0) is 51.3 Å². The molecule has 0 spiro atoms. The number of rotatable bonds is 7. The highest BCUT2D eigenvalue weighted by Gasteiger charge is 2.63. The number of Topliss-reactive ketones (excluding diaryl/α,β-unsaturated/α-hetero) is 2. The Morgan fingerprint density at radius 1 is 1.27 bits per heavy atom. The Bertz CT molecular complexity index is 1340. The summed E-state index contributed by atoms with van der Waals surface area (Å²) in [5.41, 5.74) is 2.69. The predicted molar refractivity (Wildman–Crippen MR) is 141 cm³/mol. The molecule has 1 fully saturated rings. The molecule has 0 saturated carbocycles. The minimum atomic E-state index is -2.67. The monoisotopic (exact) mass is 557 g/mol. The number of fused-ring (bicyclic) bond motifs is 3. The van der Waals surface area contributed by atoms with Gasteiger partial charge in [0.25, 0.3) is 5.91 Å². The number of nitrogens with two attached hydrogens (primary N) is 1. The minimum Gasteiger partial charge on any atom is -0.510 e. The molecule has 1 amide bonds. The Hall–Kier alpha value is -3.45. The van der Waals surface area contributed by atoms with Gasteiger partial charge in [0.1, 0.15) is 28.6 Å². The molecule has 3 aliphatic carbocycles. The highest BCUT2D eigenvalue weighted by molar-refractivity contribution is 6.24. The zero-order valence-electron chi connectivity index (χ0n) is 22.7. The van der Waals surface area contributed by atoms with Crippen molar-refractivity contribution in [2.75, 3.05) is 41.0 Å². The number of methoxy groups -OCH3 is 1. The van der Waals surface area contributed by atoms with Gasteiger partial charge in [-0.25, -0.2) is 0 Å². The van der Waals surface area contributed by atoms with Crippen LogP contribution in [0.3, 0.4) is 0 Å². The lowest BCUT2D eigenvalue weighted by atomic mass is 9.58. The molecule has 0 radical (unpaired) electrons. The lowest BCUT2D eigenvalue weighted by Crippen LogP contribution is -2.63. The van der Waals surface area contributed by atoms with E-state index in [-0.39, 0.29) is 29.7 Å². The average molecular weight is 558 g/mol. The summed E-state index contributed by atoms with van der Waals surface area (Å²) >= 11 is 0. The summed E-state index contributed by atoms with van der Waals surface area (Å²) in [6, 6.07) is 0.391.